The van der Waals surface area contributed by atoms with E-state index in [2.05, 4.69) is 61.0 Å². The number of likely N-dealkylation sites (N-methyl/N-ethyl adjacent to an activating group) is 1. The van der Waals surface area contributed by atoms with Gasteiger partial charge in [-0.1, -0.05) is 13.8 Å². The number of rotatable bonds is 7. The molecule has 0 aromatic carbocycles. The highest BCUT2D eigenvalue weighted by atomic mass is 79.9. The second-order valence-corrected chi connectivity index (χ2v) is 6.40. The van der Waals surface area contributed by atoms with Crippen LogP contribution >= 0.6 is 15.9 Å². The second kappa shape index (κ2) is 7.31. The molecular weight excluding hydrogens is 292 g/mol. The van der Waals surface area contributed by atoms with E-state index in [4.69, 9.17) is 4.42 Å². The fraction of sp³-hybridized carbons (Fsp3) is 0.714. The maximum absolute atomic E-state index is 5.60. The third-order valence-corrected chi connectivity index (χ3v) is 3.27. The Morgan fingerprint density at radius 2 is 1.94 bits per heavy atom. The average molecular weight is 317 g/mol. The van der Waals surface area contributed by atoms with Gasteiger partial charge in [0.25, 0.3) is 0 Å². The third-order valence-electron chi connectivity index (χ3n) is 2.85. The highest BCUT2D eigenvalue weighted by molar-refractivity contribution is 9.10. The van der Waals surface area contributed by atoms with Gasteiger partial charge in [0.05, 0.1) is 6.04 Å². The van der Waals surface area contributed by atoms with Crippen molar-refractivity contribution in [3.8, 4) is 0 Å². The summed E-state index contributed by atoms with van der Waals surface area (Å²) in [6.07, 6.45) is 1.17. The lowest BCUT2D eigenvalue weighted by Crippen LogP contribution is -2.40. The molecule has 1 aromatic rings. The van der Waals surface area contributed by atoms with Gasteiger partial charge in [-0.3, -0.25) is 0 Å². The van der Waals surface area contributed by atoms with Crippen molar-refractivity contribution in [2.75, 3.05) is 20.6 Å². The van der Waals surface area contributed by atoms with Crippen molar-refractivity contribution in [1.29, 1.82) is 0 Å². The van der Waals surface area contributed by atoms with Gasteiger partial charge in [-0.25, -0.2) is 0 Å². The van der Waals surface area contributed by atoms with Crippen LogP contribution in [0.5, 0.6) is 0 Å². The molecule has 0 saturated carbocycles. The van der Waals surface area contributed by atoms with Crippen LogP contribution in [0.2, 0.25) is 0 Å². The Labute approximate surface area is 119 Å². The largest absolute Gasteiger partial charge is 0.453 e. The van der Waals surface area contributed by atoms with Crippen molar-refractivity contribution in [2.45, 2.75) is 39.3 Å². The van der Waals surface area contributed by atoms with Crippen LogP contribution in [0, 0.1) is 5.92 Å². The van der Waals surface area contributed by atoms with Gasteiger partial charge < -0.3 is 14.6 Å². The van der Waals surface area contributed by atoms with Crippen LogP contribution in [-0.2, 0) is 0 Å². The van der Waals surface area contributed by atoms with E-state index < -0.39 is 0 Å². The number of halogens is 1. The van der Waals surface area contributed by atoms with Gasteiger partial charge in [-0.05, 0) is 61.4 Å². The quantitative estimate of drug-likeness (QED) is 0.832. The first kappa shape index (κ1) is 15.7. The molecule has 1 N–H and O–H groups in total. The third kappa shape index (κ3) is 5.55. The lowest BCUT2D eigenvalue weighted by atomic mass is 10.0. The molecule has 18 heavy (non-hydrogen) atoms. The summed E-state index contributed by atoms with van der Waals surface area (Å²) in [6.45, 7) is 7.72. The van der Waals surface area contributed by atoms with Crippen LogP contribution in [0.1, 0.15) is 39.0 Å². The zero-order chi connectivity index (χ0) is 13.7. The van der Waals surface area contributed by atoms with E-state index in [0.717, 1.165) is 17.0 Å². The number of nitrogens with one attached hydrogen (secondary N) is 1. The summed E-state index contributed by atoms with van der Waals surface area (Å²) in [5, 5.41) is 3.65. The first-order valence-electron chi connectivity index (χ1n) is 6.54. The summed E-state index contributed by atoms with van der Waals surface area (Å²) >= 11 is 3.34. The standard InChI is InChI=1S/C14H25BrN2O/c1-10(2)8-12(9-17(4)5)16-11(3)13-6-7-14(15)18-13/h6-7,10-12,16H,8-9H2,1-5H3. The molecule has 0 aliphatic heterocycles. The fourth-order valence-corrected chi connectivity index (χ4v) is 2.52. The highest BCUT2D eigenvalue weighted by Crippen LogP contribution is 2.21. The second-order valence-electron chi connectivity index (χ2n) is 5.62. The van der Waals surface area contributed by atoms with E-state index in [1.165, 1.54) is 6.42 Å². The van der Waals surface area contributed by atoms with Crippen LogP contribution in [0.4, 0.5) is 0 Å². The van der Waals surface area contributed by atoms with E-state index >= 15 is 0 Å². The molecule has 0 bridgehead atoms. The van der Waals surface area contributed by atoms with Crippen molar-refractivity contribution >= 4 is 15.9 Å². The van der Waals surface area contributed by atoms with Crippen LogP contribution in [0.3, 0.4) is 0 Å². The summed E-state index contributed by atoms with van der Waals surface area (Å²) in [5.41, 5.74) is 0. The minimum atomic E-state index is 0.236. The zero-order valence-corrected chi connectivity index (χ0v) is 13.6. The van der Waals surface area contributed by atoms with Crippen LogP contribution < -0.4 is 5.32 Å². The topological polar surface area (TPSA) is 28.4 Å². The van der Waals surface area contributed by atoms with E-state index in [1.54, 1.807) is 0 Å². The SMILES string of the molecule is CC(C)CC(CN(C)C)NC(C)c1ccc(Br)o1. The molecule has 0 radical (unpaired) electrons. The number of hydrogen-bond donors (Lipinski definition) is 1. The van der Waals surface area contributed by atoms with Gasteiger partial charge in [0, 0.05) is 12.6 Å². The number of nitrogens with zero attached hydrogens (tertiary/aromatic N) is 1. The van der Waals surface area contributed by atoms with E-state index in [9.17, 15) is 0 Å². The number of hydrogen-bond acceptors (Lipinski definition) is 3. The van der Waals surface area contributed by atoms with Crippen molar-refractivity contribution in [2.24, 2.45) is 5.92 Å². The highest BCUT2D eigenvalue weighted by Gasteiger charge is 2.17. The summed E-state index contributed by atoms with van der Waals surface area (Å²) < 4.78 is 6.39. The molecule has 104 valence electrons. The lowest BCUT2D eigenvalue weighted by molar-refractivity contribution is 0.278. The Morgan fingerprint density at radius 3 is 2.39 bits per heavy atom. The Bertz CT molecular complexity index is 339. The van der Waals surface area contributed by atoms with E-state index in [0.29, 0.717) is 12.0 Å². The summed E-state index contributed by atoms with van der Waals surface area (Å²) in [7, 11) is 4.23. The zero-order valence-electron chi connectivity index (χ0n) is 12.0. The predicted molar refractivity (Wildman–Crippen MR) is 79.8 cm³/mol. The van der Waals surface area contributed by atoms with Crippen molar-refractivity contribution in [3.05, 3.63) is 22.6 Å². The predicted octanol–water partition coefficient (Wildman–Crippen LogP) is 3.67. The Morgan fingerprint density at radius 1 is 1.28 bits per heavy atom. The van der Waals surface area contributed by atoms with Gasteiger partial charge in [0.1, 0.15) is 5.76 Å². The van der Waals surface area contributed by atoms with Gasteiger partial charge >= 0.3 is 0 Å². The van der Waals surface area contributed by atoms with Crippen LogP contribution in [0.25, 0.3) is 0 Å². The molecule has 1 rings (SSSR count). The molecular formula is C14H25BrN2O. The van der Waals surface area contributed by atoms with Crippen molar-refractivity contribution < 1.29 is 4.42 Å². The van der Waals surface area contributed by atoms with Gasteiger partial charge in [-0.15, -0.1) is 0 Å². The maximum atomic E-state index is 5.60. The molecule has 0 aliphatic rings. The van der Waals surface area contributed by atoms with Crippen LogP contribution in [0.15, 0.2) is 21.2 Å². The summed E-state index contributed by atoms with van der Waals surface area (Å²) in [4.78, 5) is 2.23. The monoisotopic (exact) mass is 316 g/mol. The first-order valence-corrected chi connectivity index (χ1v) is 7.33. The minimum Gasteiger partial charge on any atom is -0.453 e. The minimum absolute atomic E-state index is 0.236. The Balaban J connectivity index is 2.58. The summed E-state index contributed by atoms with van der Waals surface area (Å²) in [6, 6.07) is 4.68. The smallest absolute Gasteiger partial charge is 0.169 e. The summed E-state index contributed by atoms with van der Waals surface area (Å²) in [5.74, 6) is 1.67. The molecule has 0 saturated heterocycles. The molecule has 1 heterocycles. The maximum Gasteiger partial charge on any atom is 0.169 e. The van der Waals surface area contributed by atoms with E-state index in [-0.39, 0.29) is 6.04 Å². The Kier molecular flexibility index (Phi) is 6.39. The van der Waals surface area contributed by atoms with Crippen molar-refractivity contribution in [3.63, 3.8) is 0 Å². The van der Waals surface area contributed by atoms with Gasteiger partial charge in [-0.2, -0.15) is 0 Å². The van der Waals surface area contributed by atoms with E-state index in [1.807, 2.05) is 12.1 Å². The van der Waals surface area contributed by atoms with Crippen LogP contribution in [-0.4, -0.2) is 31.6 Å². The fourth-order valence-electron chi connectivity index (χ4n) is 2.20. The molecule has 0 aliphatic carbocycles. The molecule has 2 unspecified atom stereocenters. The molecule has 0 spiro atoms. The molecule has 0 amide bonds. The normalized spacial score (nSPS) is 15.3. The molecule has 1 aromatic heterocycles. The van der Waals surface area contributed by atoms with Crippen molar-refractivity contribution in [1.82, 2.24) is 10.2 Å². The average Bonchev–Trinajstić information content (AvgIpc) is 2.62. The molecule has 0 fully saturated rings. The Hall–Kier alpha value is -0.320. The number of furan rings is 1. The molecule has 4 heteroatoms. The van der Waals surface area contributed by atoms with Gasteiger partial charge in [0.2, 0.25) is 0 Å². The lowest BCUT2D eigenvalue weighted by Gasteiger charge is -2.26. The van der Waals surface area contributed by atoms with Gasteiger partial charge in [0.15, 0.2) is 4.67 Å². The first-order chi connectivity index (χ1) is 8.38. The molecule has 3 nitrogen and oxygen atoms in total. The molecule has 2 atom stereocenters.